The van der Waals surface area contributed by atoms with Crippen molar-refractivity contribution in [2.24, 2.45) is 4.40 Å². The summed E-state index contributed by atoms with van der Waals surface area (Å²) in [5.41, 5.74) is 0.277. The molecule has 0 saturated heterocycles. The Morgan fingerprint density at radius 2 is 2.29 bits per heavy atom. The molecule has 6 nitrogen and oxygen atoms in total. The Bertz CT molecular complexity index is 542. The van der Waals surface area contributed by atoms with Crippen LogP contribution in [0.25, 0.3) is 0 Å². The van der Waals surface area contributed by atoms with Crippen LogP contribution in [0.1, 0.15) is 0 Å². The molecule has 1 heterocycles. The molecule has 2 N–H and O–H groups in total. The number of hydrogen-bond donors (Lipinski definition) is 2. The quantitative estimate of drug-likeness (QED) is 0.349. The molecule has 1 aromatic carbocycles. The summed E-state index contributed by atoms with van der Waals surface area (Å²) in [7, 11) is 0. The van der Waals surface area contributed by atoms with Crippen LogP contribution >= 0.6 is 11.6 Å². The predicted molar refractivity (Wildman–Crippen MR) is 66.0 cm³/mol. The van der Waals surface area contributed by atoms with Gasteiger partial charge in [-0.2, -0.15) is 5.26 Å². The van der Waals surface area contributed by atoms with Gasteiger partial charge < -0.3 is 5.32 Å². The van der Waals surface area contributed by atoms with Crippen molar-refractivity contribution in [1.29, 1.82) is 5.26 Å². The van der Waals surface area contributed by atoms with E-state index in [1.54, 1.807) is 24.3 Å². The number of amidine groups is 1. The van der Waals surface area contributed by atoms with E-state index >= 15 is 0 Å². The number of para-hydroxylation sites is 2. The first-order valence-electron chi connectivity index (χ1n) is 4.52. The van der Waals surface area contributed by atoms with Gasteiger partial charge in [0.25, 0.3) is 11.3 Å². The number of hydrogen-bond acceptors (Lipinski definition) is 3. The molecule has 0 fully saturated rings. The molecular formula is C9H7ClN4O2S. The highest BCUT2D eigenvalue weighted by Gasteiger charge is 2.30. The normalized spacial score (nSPS) is 22.5. The van der Waals surface area contributed by atoms with Gasteiger partial charge in [0.15, 0.2) is 17.5 Å². The van der Waals surface area contributed by atoms with Crippen molar-refractivity contribution in [3.8, 4) is 6.19 Å². The van der Waals surface area contributed by atoms with Gasteiger partial charge >= 0.3 is 0 Å². The zero-order chi connectivity index (χ0) is 12.4. The van der Waals surface area contributed by atoms with Crippen LogP contribution in [0.2, 0.25) is 0 Å². The van der Waals surface area contributed by atoms with E-state index in [1.807, 2.05) is 6.19 Å². The lowest BCUT2D eigenvalue weighted by atomic mass is 10.2. The number of rotatable bonds is 1. The maximum absolute atomic E-state index is 10.6. The summed E-state index contributed by atoms with van der Waals surface area (Å²) in [4.78, 5) is 1.21. The van der Waals surface area contributed by atoms with Crippen molar-refractivity contribution in [1.82, 2.24) is 0 Å². The highest BCUT2D eigenvalue weighted by molar-refractivity contribution is 7.78. The molecule has 8 heteroatoms. The van der Waals surface area contributed by atoms with Gasteiger partial charge in [0, 0.05) is 0 Å². The highest BCUT2D eigenvalue weighted by Crippen LogP contribution is 2.32. The predicted octanol–water partition coefficient (Wildman–Crippen LogP) is 1.50. The molecule has 88 valence electrons. The maximum atomic E-state index is 10.6. The Morgan fingerprint density at radius 3 is 2.94 bits per heavy atom. The van der Waals surface area contributed by atoms with E-state index in [1.165, 1.54) is 4.90 Å². The van der Waals surface area contributed by atoms with Gasteiger partial charge in [-0.1, -0.05) is 23.7 Å². The second-order valence-corrected chi connectivity index (χ2v) is 4.21. The molecule has 0 aliphatic carbocycles. The van der Waals surface area contributed by atoms with E-state index in [0.29, 0.717) is 11.4 Å². The summed E-state index contributed by atoms with van der Waals surface area (Å²) in [5, 5.41) is 11.8. The number of benzene rings is 1. The lowest BCUT2D eigenvalue weighted by Gasteiger charge is -2.30. The largest absolute Gasteiger partial charge is 0.338 e. The molecule has 17 heavy (non-hydrogen) atoms. The minimum Gasteiger partial charge on any atom is -0.338 e. The summed E-state index contributed by atoms with van der Waals surface area (Å²) in [6.45, 7) is 0. The summed E-state index contributed by atoms with van der Waals surface area (Å²) in [6, 6.07) is 6.97. The number of alkyl halides is 1. The molecule has 2 unspecified atom stereocenters. The molecule has 0 radical (unpaired) electrons. The van der Waals surface area contributed by atoms with Gasteiger partial charge in [0.2, 0.25) is 0 Å². The van der Waals surface area contributed by atoms with Crippen LogP contribution in [0.5, 0.6) is 0 Å². The lowest BCUT2D eigenvalue weighted by Crippen LogP contribution is -2.42. The first-order valence-corrected chi connectivity index (χ1v) is 6.02. The van der Waals surface area contributed by atoms with Crippen molar-refractivity contribution in [2.45, 2.75) is 5.50 Å². The van der Waals surface area contributed by atoms with Gasteiger partial charge in [-0.3, -0.25) is 9.45 Å². The zero-order valence-electron chi connectivity index (χ0n) is 8.37. The molecule has 2 rings (SSSR count). The maximum Gasteiger partial charge on any atom is 0.283 e. The number of nitriles is 1. The van der Waals surface area contributed by atoms with E-state index < -0.39 is 16.8 Å². The Kier molecular flexibility index (Phi) is 3.28. The van der Waals surface area contributed by atoms with Gasteiger partial charge in [0.05, 0.1) is 11.4 Å². The lowest BCUT2D eigenvalue weighted by molar-refractivity contribution is 0.566. The van der Waals surface area contributed by atoms with Crippen LogP contribution in [-0.4, -0.2) is 20.1 Å². The Labute approximate surface area is 105 Å². The Hall–Kier alpha value is -1.62. The van der Waals surface area contributed by atoms with Crippen LogP contribution in [-0.2, 0) is 11.3 Å². The van der Waals surface area contributed by atoms with Crippen LogP contribution in [0.3, 0.4) is 0 Å². The summed E-state index contributed by atoms with van der Waals surface area (Å²) >= 11 is 3.61. The number of nitrogens with zero attached hydrogens (tertiary/aromatic N) is 3. The second-order valence-electron chi connectivity index (χ2n) is 3.16. The number of nitrogens with one attached hydrogen (secondary N) is 1. The average molecular weight is 271 g/mol. The van der Waals surface area contributed by atoms with E-state index in [0.717, 1.165) is 0 Å². The van der Waals surface area contributed by atoms with Crippen LogP contribution in [0, 0.1) is 11.5 Å². The van der Waals surface area contributed by atoms with Crippen LogP contribution in [0.15, 0.2) is 28.7 Å². The SMILES string of the molecule is N#CN1c2ccccc2NC(=NS(=O)O)C1Cl. The van der Waals surface area contributed by atoms with Crippen molar-refractivity contribution in [3.05, 3.63) is 24.3 Å². The minimum atomic E-state index is -2.37. The summed E-state index contributed by atoms with van der Waals surface area (Å²) in [6.07, 6.45) is 1.91. The smallest absolute Gasteiger partial charge is 0.283 e. The highest BCUT2D eigenvalue weighted by atomic mass is 35.5. The molecule has 1 aromatic rings. The zero-order valence-corrected chi connectivity index (χ0v) is 9.94. The molecular weight excluding hydrogens is 264 g/mol. The Morgan fingerprint density at radius 1 is 1.59 bits per heavy atom. The Balaban J connectivity index is 2.50. The number of anilines is 2. The van der Waals surface area contributed by atoms with Gasteiger partial charge in [0.1, 0.15) is 0 Å². The molecule has 0 amide bonds. The van der Waals surface area contributed by atoms with Crippen molar-refractivity contribution >= 4 is 40.1 Å². The van der Waals surface area contributed by atoms with Gasteiger partial charge in [-0.25, -0.2) is 4.21 Å². The molecule has 2 atom stereocenters. The third kappa shape index (κ3) is 2.24. The van der Waals surface area contributed by atoms with E-state index in [9.17, 15) is 4.21 Å². The minimum absolute atomic E-state index is 0.0627. The molecule has 0 saturated carbocycles. The third-order valence-electron chi connectivity index (χ3n) is 2.16. The summed E-state index contributed by atoms with van der Waals surface area (Å²) in [5.74, 6) is 0.0627. The van der Waals surface area contributed by atoms with Crippen molar-refractivity contribution in [2.75, 3.05) is 10.2 Å². The number of fused-ring (bicyclic) bond motifs is 1. The second kappa shape index (κ2) is 4.71. The van der Waals surface area contributed by atoms with Crippen LogP contribution in [0.4, 0.5) is 11.4 Å². The average Bonchev–Trinajstić information content (AvgIpc) is 2.30. The fourth-order valence-electron chi connectivity index (χ4n) is 1.49. The van der Waals surface area contributed by atoms with Crippen molar-refractivity contribution in [3.63, 3.8) is 0 Å². The fraction of sp³-hybridized carbons (Fsp3) is 0.111. The molecule has 1 aliphatic heterocycles. The molecule has 1 aliphatic rings. The topological polar surface area (TPSA) is 88.7 Å². The van der Waals surface area contributed by atoms with E-state index in [4.69, 9.17) is 21.4 Å². The number of halogens is 1. The molecule has 0 bridgehead atoms. The third-order valence-corrected chi connectivity index (χ3v) is 2.92. The molecule has 0 aromatic heterocycles. The standard InChI is InChI=1S/C9H7ClN4O2S/c10-8-9(13-17(15)16)12-6-3-1-2-4-7(6)14(8)5-11/h1-4,8H,(H,12,13)(H,15,16). The first kappa shape index (κ1) is 11.9. The summed E-state index contributed by atoms with van der Waals surface area (Å²) < 4.78 is 22.8. The van der Waals surface area contributed by atoms with Crippen LogP contribution < -0.4 is 10.2 Å². The van der Waals surface area contributed by atoms with E-state index in [2.05, 4.69) is 9.71 Å². The van der Waals surface area contributed by atoms with E-state index in [-0.39, 0.29) is 5.84 Å². The monoisotopic (exact) mass is 270 g/mol. The van der Waals surface area contributed by atoms with Gasteiger partial charge in [-0.15, -0.1) is 4.40 Å². The molecule has 0 spiro atoms. The van der Waals surface area contributed by atoms with Crippen molar-refractivity contribution < 1.29 is 8.76 Å². The first-order chi connectivity index (χ1) is 8.13. The fourth-order valence-corrected chi connectivity index (χ4v) is 2.11. The van der Waals surface area contributed by atoms with Gasteiger partial charge in [-0.05, 0) is 12.1 Å².